The van der Waals surface area contributed by atoms with Crippen molar-refractivity contribution in [3.63, 3.8) is 0 Å². The van der Waals surface area contributed by atoms with Crippen molar-refractivity contribution in [1.29, 1.82) is 0 Å². The lowest BCUT2D eigenvalue weighted by atomic mass is 10.1. The van der Waals surface area contributed by atoms with Crippen LogP contribution in [0.1, 0.15) is 16.1 Å². The van der Waals surface area contributed by atoms with Crippen molar-refractivity contribution in [2.45, 2.75) is 20.4 Å². The second-order valence-corrected chi connectivity index (χ2v) is 4.63. The fraction of sp³-hybridized carbons (Fsp3) is 0.250. The quantitative estimate of drug-likeness (QED) is 0.841. The number of hydrogen-bond donors (Lipinski definition) is 1. The molecular weight excluding hydrogens is 204 g/mol. The van der Waals surface area contributed by atoms with Gasteiger partial charge >= 0.3 is 0 Å². The van der Waals surface area contributed by atoms with E-state index in [9.17, 15) is 0 Å². The van der Waals surface area contributed by atoms with Gasteiger partial charge in [-0.15, -0.1) is 11.3 Å². The maximum atomic E-state index is 5.65. The van der Waals surface area contributed by atoms with Gasteiger partial charge in [0, 0.05) is 17.0 Å². The number of nitrogens with two attached hydrogens (primary N) is 1. The normalized spacial score (nSPS) is 10.6. The number of hydrogen-bond acceptors (Lipinski definition) is 3. The minimum atomic E-state index is 0.579. The summed E-state index contributed by atoms with van der Waals surface area (Å²) in [5, 5.41) is 1.08. The second-order valence-electron chi connectivity index (χ2n) is 3.55. The van der Waals surface area contributed by atoms with E-state index in [2.05, 4.69) is 24.0 Å². The molecule has 0 aliphatic rings. The fourth-order valence-electron chi connectivity index (χ4n) is 1.55. The molecule has 0 saturated carbocycles. The molecule has 0 aliphatic heterocycles. The van der Waals surface area contributed by atoms with E-state index in [1.807, 2.05) is 19.1 Å². The van der Waals surface area contributed by atoms with Gasteiger partial charge in [0.25, 0.3) is 0 Å². The molecule has 0 aliphatic carbocycles. The summed E-state index contributed by atoms with van der Waals surface area (Å²) >= 11 is 1.69. The molecule has 1 aromatic heterocycles. The lowest BCUT2D eigenvalue weighted by Gasteiger charge is -1.99. The van der Waals surface area contributed by atoms with Crippen LogP contribution in [0.4, 0.5) is 0 Å². The zero-order valence-electron chi connectivity index (χ0n) is 8.95. The van der Waals surface area contributed by atoms with Crippen LogP contribution in [-0.2, 0) is 6.54 Å². The Morgan fingerprint density at radius 1 is 1.27 bits per heavy atom. The molecule has 2 N–H and O–H groups in total. The third-order valence-electron chi connectivity index (χ3n) is 2.45. The van der Waals surface area contributed by atoms with Crippen molar-refractivity contribution in [3.8, 4) is 10.6 Å². The lowest BCUT2D eigenvalue weighted by molar-refractivity contribution is 1.06. The molecule has 1 aromatic carbocycles. The van der Waals surface area contributed by atoms with Crippen LogP contribution in [0.3, 0.4) is 0 Å². The van der Waals surface area contributed by atoms with Crippen molar-refractivity contribution in [2.75, 3.05) is 0 Å². The molecule has 15 heavy (non-hydrogen) atoms. The van der Waals surface area contributed by atoms with Crippen LogP contribution >= 0.6 is 11.3 Å². The van der Waals surface area contributed by atoms with Crippen LogP contribution in [0.25, 0.3) is 10.6 Å². The molecule has 0 unspecified atom stereocenters. The first-order valence-electron chi connectivity index (χ1n) is 4.94. The highest BCUT2D eigenvalue weighted by Gasteiger charge is 2.09. The number of aromatic nitrogens is 1. The van der Waals surface area contributed by atoms with Crippen molar-refractivity contribution in [2.24, 2.45) is 5.73 Å². The van der Waals surface area contributed by atoms with Gasteiger partial charge in [-0.05, 0) is 19.4 Å². The Morgan fingerprint density at radius 2 is 2.00 bits per heavy atom. The Bertz CT molecular complexity index is 474. The second kappa shape index (κ2) is 4.13. The lowest BCUT2D eigenvalue weighted by Crippen LogP contribution is -1.94. The third-order valence-corrected chi connectivity index (χ3v) is 3.67. The molecule has 2 aromatic rings. The molecule has 78 valence electrons. The van der Waals surface area contributed by atoms with Crippen LogP contribution < -0.4 is 5.73 Å². The first kappa shape index (κ1) is 10.3. The molecule has 0 spiro atoms. The van der Waals surface area contributed by atoms with Gasteiger partial charge in [-0.3, -0.25) is 0 Å². The zero-order chi connectivity index (χ0) is 10.8. The number of nitrogens with zero attached hydrogens (tertiary/aromatic N) is 1. The Balaban J connectivity index is 2.50. The smallest absolute Gasteiger partial charge is 0.124 e. The summed E-state index contributed by atoms with van der Waals surface area (Å²) in [4.78, 5) is 5.73. The molecule has 0 saturated heterocycles. The Kier molecular flexibility index (Phi) is 2.84. The van der Waals surface area contributed by atoms with Crippen LogP contribution in [0.5, 0.6) is 0 Å². The molecule has 2 rings (SSSR count). The van der Waals surface area contributed by atoms with Gasteiger partial charge in [-0.25, -0.2) is 4.98 Å². The highest BCUT2D eigenvalue weighted by atomic mass is 32.1. The summed E-state index contributed by atoms with van der Waals surface area (Å²) < 4.78 is 0. The van der Waals surface area contributed by atoms with Crippen LogP contribution in [0, 0.1) is 13.8 Å². The minimum absolute atomic E-state index is 0.579. The standard InChI is InChI=1S/C12H14N2S/c1-8-5-3-4-6-10(8)12-14-9(2)11(7-13)15-12/h3-6H,7,13H2,1-2H3. The van der Waals surface area contributed by atoms with Gasteiger partial charge in [0.1, 0.15) is 5.01 Å². The zero-order valence-corrected chi connectivity index (χ0v) is 9.77. The Labute approximate surface area is 93.8 Å². The molecule has 0 bridgehead atoms. The largest absolute Gasteiger partial charge is 0.326 e. The van der Waals surface area contributed by atoms with Crippen molar-refractivity contribution >= 4 is 11.3 Å². The average molecular weight is 218 g/mol. The number of benzene rings is 1. The van der Waals surface area contributed by atoms with Crippen molar-refractivity contribution in [3.05, 3.63) is 40.4 Å². The summed E-state index contributed by atoms with van der Waals surface area (Å²) in [6.45, 7) is 4.70. The molecule has 0 atom stereocenters. The highest BCUT2D eigenvalue weighted by molar-refractivity contribution is 7.15. The van der Waals surface area contributed by atoms with E-state index in [0.29, 0.717) is 6.54 Å². The number of thiazole rings is 1. The fourth-order valence-corrected chi connectivity index (χ4v) is 2.58. The van der Waals surface area contributed by atoms with E-state index in [1.54, 1.807) is 11.3 Å². The first-order chi connectivity index (χ1) is 7.22. The Morgan fingerprint density at radius 3 is 2.60 bits per heavy atom. The van der Waals surface area contributed by atoms with Crippen LogP contribution in [0.15, 0.2) is 24.3 Å². The van der Waals surface area contributed by atoms with Gasteiger partial charge in [-0.1, -0.05) is 24.3 Å². The van der Waals surface area contributed by atoms with Gasteiger partial charge in [0.05, 0.1) is 5.69 Å². The molecule has 1 heterocycles. The maximum absolute atomic E-state index is 5.65. The topological polar surface area (TPSA) is 38.9 Å². The molecule has 3 heteroatoms. The van der Waals surface area contributed by atoms with Gasteiger partial charge < -0.3 is 5.73 Å². The van der Waals surface area contributed by atoms with E-state index in [0.717, 1.165) is 10.7 Å². The predicted octanol–water partition coefficient (Wildman–Crippen LogP) is 2.89. The Hall–Kier alpha value is -1.19. The van der Waals surface area contributed by atoms with Gasteiger partial charge in [-0.2, -0.15) is 0 Å². The van der Waals surface area contributed by atoms with Crippen molar-refractivity contribution < 1.29 is 0 Å². The molecule has 0 amide bonds. The summed E-state index contributed by atoms with van der Waals surface area (Å²) in [6, 6.07) is 8.30. The SMILES string of the molecule is Cc1ccccc1-c1nc(C)c(CN)s1. The highest BCUT2D eigenvalue weighted by Crippen LogP contribution is 2.29. The average Bonchev–Trinajstić information content (AvgIpc) is 2.60. The predicted molar refractivity (Wildman–Crippen MR) is 64.9 cm³/mol. The molecule has 2 nitrogen and oxygen atoms in total. The summed E-state index contributed by atoms with van der Waals surface area (Å²) in [5.41, 5.74) is 9.18. The first-order valence-corrected chi connectivity index (χ1v) is 5.76. The summed E-state index contributed by atoms with van der Waals surface area (Å²) in [7, 11) is 0. The summed E-state index contributed by atoms with van der Waals surface area (Å²) in [6.07, 6.45) is 0. The van der Waals surface area contributed by atoms with Gasteiger partial charge in [0.2, 0.25) is 0 Å². The number of aryl methyl sites for hydroxylation is 2. The van der Waals surface area contributed by atoms with E-state index in [1.165, 1.54) is 16.0 Å². The molecule has 0 fully saturated rings. The molecule has 0 radical (unpaired) electrons. The van der Waals surface area contributed by atoms with Gasteiger partial charge in [0.15, 0.2) is 0 Å². The third kappa shape index (κ3) is 1.94. The van der Waals surface area contributed by atoms with Crippen LogP contribution in [-0.4, -0.2) is 4.98 Å². The van der Waals surface area contributed by atoms with E-state index < -0.39 is 0 Å². The van der Waals surface area contributed by atoms with E-state index >= 15 is 0 Å². The minimum Gasteiger partial charge on any atom is -0.326 e. The van der Waals surface area contributed by atoms with Crippen molar-refractivity contribution in [1.82, 2.24) is 4.98 Å². The van der Waals surface area contributed by atoms with E-state index in [-0.39, 0.29) is 0 Å². The summed E-state index contributed by atoms with van der Waals surface area (Å²) in [5.74, 6) is 0. The molecular formula is C12H14N2S. The van der Waals surface area contributed by atoms with E-state index in [4.69, 9.17) is 5.73 Å². The van der Waals surface area contributed by atoms with Crippen LogP contribution in [0.2, 0.25) is 0 Å². The number of rotatable bonds is 2. The maximum Gasteiger partial charge on any atom is 0.124 e. The monoisotopic (exact) mass is 218 g/mol.